The number of ether oxygens (including phenoxy) is 1. The number of hydrogen-bond donors (Lipinski definition) is 1. The van der Waals surface area contributed by atoms with E-state index < -0.39 is 0 Å². The van der Waals surface area contributed by atoms with Crippen molar-refractivity contribution in [2.45, 2.75) is 20.0 Å². The van der Waals surface area contributed by atoms with Gasteiger partial charge in [-0.3, -0.25) is 4.79 Å². The van der Waals surface area contributed by atoms with E-state index in [4.69, 9.17) is 4.74 Å². The Morgan fingerprint density at radius 1 is 1.21 bits per heavy atom. The highest BCUT2D eigenvalue weighted by Crippen LogP contribution is 2.16. The van der Waals surface area contributed by atoms with Crippen molar-refractivity contribution < 1.29 is 9.53 Å². The minimum absolute atomic E-state index is 0.0614. The van der Waals surface area contributed by atoms with E-state index >= 15 is 0 Å². The van der Waals surface area contributed by atoms with Crippen LogP contribution in [0.5, 0.6) is 5.75 Å². The first kappa shape index (κ1) is 16.7. The summed E-state index contributed by atoms with van der Waals surface area (Å²) in [5, 5.41) is 7.93. The average Bonchev–Trinajstić information content (AvgIpc) is 3.25. The molecule has 6 heteroatoms. The molecular formula is C18H18N2O2S2. The molecule has 24 heavy (non-hydrogen) atoms. The maximum atomic E-state index is 12.1. The number of nitrogens with one attached hydrogen (secondary N) is 1. The van der Waals surface area contributed by atoms with E-state index in [2.05, 4.69) is 16.4 Å². The van der Waals surface area contributed by atoms with Crippen LogP contribution in [0.15, 0.2) is 47.2 Å². The smallest absolute Gasteiger partial charge is 0.251 e. The van der Waals surface area contributed by atoms with Gasteiger partial charge in [0.05, 0.1) is 0 Å². The number of nitrogens with zero attached hydrogens (tertiary/aromatic N) is 1. The molecule has 1 aromatic carbocycles. The summed E-state index contributed by atoms with van der Waals surface area (Å²) < 4.78 is 5.69. The Hall–Kier alpha value is -2.18. The second-order valence-corrected chi connectivity index (χ2v) is 7.26. The highest BCUT2D eigenvalue weighted by atomic mass is 32.1. The van der Waals surface area contributed by atoms with Crippen LogP contribution >= 0.6 is 22.7 Å². The first-order valence-electron chi connectivity index (χ1n) is 7.65. The largest absolute Gasteiger partial charge is 0.486 e. The Kier molecular flexibility index (Phi) is 5.61. The highest BCUT2D eigenvalue weighted by molar-refractivity contribution is 7.10. The lowest BCUT2D eigenvalue weighted by Gasteiger charge is -2.07. The number of thiophene rings is 1. The molecule has 0 bridgehead atoms. The lowest BCUT2D eigenvalue weighted by Crippen LogP contribution is -2.25. The van der Waals surface area contributed by atoms with Crippen LogP contribution in [0, 0.1) is 6.92 Å². The number of carbonyl (C=O) groups excluding carboxylic acids is 1. The third-order valence-corrected chi connectivity index (χ3v) is 5.26. The maximum absolute atomic E-state index is 12.1. The molecular weight excluding hydrogens is 340 g/mol. The summed E-state index contributed by atoms with van der Waals surface area (Å²) >= 11 is 3.29. The van der Waals surface area contributed by atoms with Crippen LogP contribution in [0.4, 0.5) is 0 Å². The Morgan fingerprint density at radius 2 is 2.04 bits per heavy atom. The molecule has 0 spiro atoms. The van der Waals surface area contributed by atoms with Gasteiger partial charge in [0.15, 0.2) is 0 Å². The van der Waals surface area contributed by atoms with Crippen LogP contribution in [-0.2, 0) is 13.0 Å². The van der Waals surface area contributed by atoms with E-state index in [-0.39, 0.29) is 5.91 Å². The topological polar surface area (TPSA) is 51.2 Å². The van der Waals surface area contributed by atoms with Gasteiger partial charge in [-0.2, -0.15) is 0 Å². The second-order valence-electron chi connectivity index (χ2n) is 5.28. The number of carbonyl (C=O) groups is 1. The summed E-state index contributed by atoms with van der Waals surface area (Å²) in [4.78, 5) is 17.7. The minimum Gasteiger partial charge on any atom is -0.486 e. The predicted molar refractivity (Wildman–Crippen MR) is 98.0 cm³/mol. The number of thiazole rings is 1. The van der Waals surface area contributed by atoms with E-state index in [9.17, 15) is 4.79 Å². The van der Waals surface area contributed by atoms with Gasteiger partial charge in [0.2, 0.25) is 0 Å². The van der Waals surface area contributed by atoms with Gasteiger partial charge in [0, 0.05) is 28.1 Å². The monoisotopic (exact) mass is 358 g/mol. The fraction of sp³-hybridized carbons (Fsp3) is 0.222. The van der Waals surface area contributed by atoms with E-state index in [0.29, 0.717) is 18.7 Å². The van der Waals surface area contributed by atoms with E-state index in [1.807, 2.05) is 35.9 Å². The molecule has 1 N–H and O–H groups in total. The second kappa shape index (κ2) is 8.08. The predicted octanol–water partition coefficient (Wildman–Crippen LogP) is 4.06. The Bertz CT molecular complexity index is 780. The molecule has 0 atom stereocenters. The molecule has 0 aliphatic carbocycles. The van der Waals surface area contributed by atoms with Gasteiger partial charge in [0.25, 0.3) is 5.91 Å². The van der Waals surface area contributed by atoms with Gasteiger partial charge in [-0.05, 0) is 49.1 Å². The lowest BCUT2D eigenvalue weighted by molar-refractivity contribution is 0.0954. The SMILES string of the molecule is Cc1csc(COc2ccc(C(=O)NCCc3cccs3)cc2)n1. The fourth-order valence-electron chi connectivity index (χ4n) is 2.17. The summed E-state index contributed by atoms with van der Waals surface area (Å²) in [5.74, 6) is 0.673. The van der Waals surface area contributed by atoms with Crippen molar-refractivity contribution in [1.29, 1.82) is 0 Å². The molecule has 3 aromatic rings. The normalized spacial score (nSPS) is 10.5. The van der Waals surface area contributed by atoms with Gasteiger partial charge < -0.3 is 10.1 Å². The molecule has 2 aromatic heterocycles. The molecule has 0 radical (unpaired) electrons. The summed E-state index contributed by atoms with van der Waals surface area (Å²) in [6.07, 6.45) is 0.859. The van der Waals surface area contributed by atoms with Crippen LogP contribution in [0.1, 0.15) is 25.9 Å². The van der Waals surface area contributed by atoms with Crippen molar-refractivity contribution >= 4 is 28.6 Å². The third-order valence-electron chi connectivity index (χ3n) is 3.38. The van der Waals surface area contributed by atoms with Crippen LogP contribution in [0.25, 0.3) is 0 Å². The first-order chi connectivity index (χ1) is 11.7. The van der Waals surface area contributed by atoms with Crippen molar-refractivity contribution in [3.05, 3.63) is 68.3 Å². The fourth-order valence-corrected chi connectivity index (χ4v) is 3.56. The number of rotatable bonds is 7. The molecule has 0 fully saturated rings. The first-order valence-corrected chi connectivity index (χ1v) is 9.41. The zero-order valence-corrected chi connectivity index (χ0v) is 15.0. The molecule has 2 heterocycles. The van der Waals surface area contributed by atoms with E-state index in [0.717, 1.165) is 22.9 Å². The number of hydrogen-bond acceptors (Lipinski definition) is 5. The molecule has 0 aliphatic rings. The van der Waals surface area contributed by atoms with Crippen molar-refractivity contribution in [2.75, 3.05) is 6.54 Å². The van der Waals surface area contributed by atoms with Crippen LogP contribution in [0.3, 0.4) is 0 Å². The Balaban J connectivity index is 1.47. The zero-order valence-electron chi connectivity index (χ0n) is 13.3. The highest BCUT2D eigenvalue weighted by Gasteiger charge is 2.06. The molecule has 124 valence electrons. The van der Waals surface area contributed by atoms with Crippen molar-refractivity contribution in [1.82, 2.24) is 10.3 Å². The Morgan fingerprint density at radius 3 is 2.71 bits per heavy atom. The van der Waals surface area contributed by atoms with Crippen LogP contribution in [-0.4, -0.2) is 17.4 Å². The van der Waals surface area contributed by atoms with Crippen LogP contribution < -0.4 is 10.1 Å². The Labute approximate surface area is 149 Å². The minimum atomic E-state index is -0.0614. The van der Waals surface area contributed by atoms with Gasteiger partial charge >= 0.3 is 0 Å². The van der Waals surface area contributed by atoms with Crippen molar-refractivity contribution in [3.8, 4) is 5.75 Å². The molecule has 0 saturated heterocycles. The van der Waals surface area contributed by atoms with Gasteiger partial charge in [0.1, 0.15) is 17.4 Å². The zero-order chi connectivity index (χ0) is 16.8. The maximum Gasteiger partial charge on any atom is 0.251 e. The average molecular weight is 358 g/mol. The van der Waals surface area contributed by atoms with Gasteiger partial charge in [-0.25, -0.2) is 4.98 Å². The summed E-state index contributed by atoms with van der Waals surface area (Å²) in [7, 11) is 0. The van der Waals surface area contributed by atoms with Gasteiger partial charge in [-0.15, -0.1) is 22.7 Å². The van der Waals surface area contributed by atoms with Crippen molar-refractivity contribution in [2.24, 2.45) is 0 Å². The lowest BCUT2D eigenvalue weighted by atomic mass is 10.2. The molecule has 3 rings (SSSR count). The molecule has 0 saturated carbocycles. The third kappa shape index (κ3) is 4.66. The van der Waals surface area contributed by atoms with Gasteiger partial charge in [-0.1, -0.05) is 6.07 Å². The molecule has 0 aliphatic heterocycles. The number of amides is 1. The molecule has 0 unspecified atom stereocenters. The quantitative estimate of drug-likeness (QED) is 0.693. The number of aromatic nitrogens is 1. The standard InChI is InChI=1S/C18H18N2O2S2/c1-13-12-24-17(20-13)11-22-15-6-4-14(5-7-15)18(21)19-9-8-16-3-2-10-23-16/h2-7,10,12H,8-9,11H2,1H3,(H,19,21). The van der Waals surface area contributed by atoms with E-state index in [1.54, 1.807) is 34.8 Å². The number of benzene rings is 1. The summed E-state index contributed by atoms with van der Waals surface area (Å²) in [6.45, 7) is 3.05. The molecule has 1 amide bonds. The van der Waals surface area contributed by atoms with E-state index in [1.165, 1.54) is 4.88 Å². The van der Waals surface area contributed by atoms with Crippen molar-refractivity contribution in [3.63, 3.8) is 0 Å². The number of aryl methyl sites for hydroxylation is 1. The van der Waals surface area contributed by atoms with Crippen LogP contribution in [0.2, 0.25) is 0 Å². The summed E-state index contributed by atoms with van der Waals surface area (Å²) in [5.41, 5.74) is 1.65. The summed E-state index contributed by atoms with van der Waals surface area (Å²) in [6, 6.07) is 11.3. The molecule has 4 nitrogen and oxygen atoms in total.